The van der Waals surface area contributed by atoms with Gasteiger partial charge in [-0.1, -0.05) is 5.16 Å². The van der Waals surface area contributed by atoms with Crippen LogP contribution in [0, 0.1) is 19.8 Å². The lowest BCUT2D eigenvalue weighted by atomic mass is 9.79. The quantitative estimate of drug-likeness (QED) is 0.819. The van der Waals surface area contributed by atoms with Crippen molar-refractivity contribution in [2.75, 3.05) is 20.3 Å². The number of nitrogens with zero attached hydrogens (tertiary/aromatic N) is 2. The molecule has 6 heteroatoms. The van der Waals surface area contributed by atoms with Crippen LogP contribution >= 0.6 is 0 Å². The van der Waals surface area contributed by atoms with Gasteiger partial charge in [-0.15, -0.1) is 0 Å². The molecule has 6 nitrogen and oxygen atoms in total. The van der Waals surface area contributed by atoms with Gasteiger partial charge in [0.25, 0.3) is 5.91 Å². The molecule has 2 aliphatic carbocycles. The van der Waals surface area contributed by atoms with Crippen LogP contribution in [-0.4, -0.2) is 54.0 Å². The fraction of sp³-hybridized carbons (Fsp3) is 0.789. The molecule has 0 unspecified atom stereocenters. The van der Waals surface area contributed by atoms with Crippen molar-refractivity contribution in [3.63, 3.8) is 0 Å². The fourth-order valence-electron chi connectivity index (χ4n) is 4.55. The summed E-state index contributed by atoms with van der Waals surface area (Å²) >= 11 is 0. The van der Waals surface area contributed by atoms with E-state index in [0.29, 0.717) is 17.0 Å². The second-order valence-electron chi connectivity index (χ2n) is 7.91. The van der Waals surface area contributed by atoms with Crippen molar-refractivity contribution >= 4 is 5.91 Å². The summed E-state index contributed by atoms with van der Waals surface area (Å²) in [4.78, 5) is 15.1. The predicted octanol–water partition coefficient (Wildman–Crippen LogP) is 2.87. The van der Waals surface area contributed by atoms with Crippen molar-refractivity contribution < 1.29 is 18.8 Å². The standard InChI is InChI=1S/C19H28N2O4/c1-12-17(13(2)25-20-12)18(22)21-9-8-19(23-3)7-6-15(10-16(19)21)24-11-14-4-5-14/h14-16H,4-11H2,1-3H3/t15-,16-,19+/m0/s1. The van der Waals surface area contributed by atoms with E-state index in [-0.39, 0.29) is 23.7 Å². The molecule has 2 saturated carbocycles. The first kappa shape index (κ1) is 17.0. The Morgan fingerprint density at radius 2 is 2.12 bits per heavy atom. The van der Waals surface area contributed by atoms with Crippen LogP contribution in [0.25, 0.3) is 0 Å². The number of likely N-dealkylation sites (tertiary alicyclic amines) is 1. The Morgan fingerprint density at radius 1 is 1.32 bits per heavy atom. The molecule has 1 aromatic rings. The van der Waals surface area contributed by atoms with Gasteiger partial charge in [0.05, 0.1) is 23.4 Å². The average molecular weight is 348 g/mol. The Balaban J connectivity index is 1.53. The largest absolute Gasteiger partial charge is 0.378 e. The molecular formula is C19H28N2O4. The number of methoxy groups -OCH3 is 1. The van der Waals surface area contributed by atoms with Crippen LogP contribution in [0.1, 0.15) is 60.3 Å². The summed E-state index contributed by atoms with van der Waals surface area (Å²) in [6.07, 6.45) is 6.55. The van der Waals surface area contributed by atoms with Gasteiger partial charge in [-0.3, -0.25) is 4.79 Å². The van der Waals surface area contributed by atoms with E-state index in [1.54, 1.807) is 14.0 Å². The van der Waals surface area contributed by atoms with Gasteiger partial charge in [0, 0.05) is 20.3 Å². The first-order valence-corrected chi connectivity index (χ1v) is 9.44. The van der Waals surface area contributed by atoms with Gasteiger partial charge in [-0.25, -0.2) is 0 Å². The fourth-order valence-corrected chi connectivity index (χ4v) is 4.55. The number of rotatable bonds is 5. The predicted molar refractivity (Wildman–Crippen MR) is 91.5 cm³/mol. The van der Waals surface area contributed by atoms with Crippen molar-refractivity contribution in [3.05, 3.63) is 17.0 Å². The summed E-state index contributed by atoms with van der Waals surface area (Å²) in [5.41, 5.74) is 1.04. The number of carbonyl (C=O) groups excluding carboxylic acids is 1. The van der Waals surface area contributed by atoms with E-state index >= 15 is 0 Å². The molecule has 1 aliphatic heterocycles. The zero-order valence-electron chi connectivity index (χ0n) is 15.4. The Labute approximate surface area is 148 Å². The van der Waals surface area contributed by atoms with Gasteiger partial charge in [-0.2, -0.15) is 0 Å². The van der Waals surface area contributed by atoms with Crippen molar-refractivity contribution in [3.8, 4) is 0 Å². The number of amides is 1. The van der Waals surface area contributed by atoms with Crippen LogP contribution < -0.4 is 0 Å². The molecule has 3 atom stereocenters. The maximum absolute atomic E-state index is 13.2. The molecule has 4 rings (SSSR count). The zero-order chi connectivity index (χ0) is 17.6. The number of hydrogen-bond donors (Lipinski definition) is 0. The Morgan fingerprint density at radius 3 is 2.76 bits per heavy atom. The second-order valence-corrected chi connectivity index (χ2v) is 7.91. The van der Waals surface area contributed by atoms with E-state index in [2.05, 4.69) is 5.16 Å². The van der Waals surface area contributed by atoms with Gasteiger partial charge in [-0.05, 0) is 58.3 Å². The second kappa shape index (κ2) is 6.40. The third kappa shape index (κ3) is 2.99. The molecule has 0 bridgehead atoms. The highest BCUT2D eigenvalue weighted by Crippen LogP contribution is 2.44. The third-order valence-electron chi connectivity index (χ3n) is 6.31. The first-order chi connectivity index (χ1) is 12.0. The Bertz CT molecular complexity index is 634. The Hall–Kier alpha value is -1.40. The molecule has 1 saturated heterocycles. The van der Waals surface area contributed by atoms with Crippen molar-refractivity contribution in [1.82, 2.24) is 10.1 Å². The van der Waals surface area contributed by atoms with Crippen LogP contribution in [0.2, 0.25) is 0 Å². The van der Waals surface area contributed by atoms with Gasteiger partial charge >= 0.3 is 0 Å². The SMILES string of the molecule is CO[C@@]12CC[C@H](OCC3CC3)C[C@@H]1N(C(=O)c1c(C)noc1C)CC2. The average Bonchev–Trinajstić information content (AvgIpc) is 3.28. The maximum atomic E-state index is 13.2. The molecule has 0 N–H and O–H groups in total. The van der Waals surface area contributed by atoms with Gasteiger partial charge in [0.15, 0.2) is 0 Å². The van der Waals surface area contributed by atoms with Gasteiger partial charge in [0.1, 0.15) is 11.3 Å². The number of ether oxygens (including phenoxy) is 2. The monoisotopic (exact) mass is 348 g/mol. The molecular weight excluding hydrogens is 320 g/mol. The van der Waals surface area contributed by atoms with E-state index in [4.69, 9.17) is 14.0 Å². The minimum Gasteiger partial charge on any atom is -0.378 e. The lowest BCUT2D eigenvalue weighted by molar-refractivity contribution is -0.0977. The number of fused-ring (bicyclic) bond motifs is 1. The summed E-state index contributed by atoms with van der Waals surface area (Å²) < 4.78 is 17.3. The Kier molecular flexibility index (Phi) is 4.36. The van der Waals surface area contributed by atoms with E-state index in [1.165, 1.54) is 12.8 Å². The zero-order valence-corrected chi connectivity index (χ0v) is 15.4. The number of hydrogen-bond acceptors (Lipinski definition) is 5. The molecule has 138 valence electrons. The topological polar surface area (TPSA) is 64.8 Å². The van der Waals surface area contributed by atoms with Crippen LogP contribution in [0.3, 0.4) is 0 Å². The molecule has 2 heterocycles. The van der Waals surface area contributed by atoms with Crippen LogP contribution in [0.15, 0.2) is 4.52 Å². The van der Waals surface area contributed by atoms with Crippen LogP contribution in [-0.2, 0) is 9.47 Å². The van der Waals surface area contributed by atoms with Crippen LogP contribution in [0.5, 0.6) is 0 Å². The third-order valence-corrected chi connectivity index (χ3v) is 6.31. The maximum Gasteiger partial charge on any atom is 0.259 e. The minimum atomic E-state index is -0.228. The normalized spacial score (nSPS) is 32.0. The summed E-state index contributed by atoms with van der Waals surface area (Å²) in [6.45, 7) is 5.22. The van der Waals surface area contributed by atoms with Crippen molar-refractivity contribution in [2.45, 2.75) is 70.1 Å². The summed E-state index contributed by atoms with van der Waals surface area (Å²) in [5, 5.41) is 3.94. The van der Waals surface area contributed by atoms with Gasteiger partial charge < -0.3 is 18.9 Å². The molecule has 3 fully saturated rings. The number of carbonyl (C=O) groups is 1. The highest BCUT2D eigenvalue weighted by molar-refractivity contribution is 5.96. The highest BCUT2D eigenvalue weighted by atomic mass is 16.5. The van der Waals surface area contributed by atoms with E-state index in [9.17, 15) is 4.79 Å². The van der Waals surface area contributed by atoms with E-state index < -0.39 is 0 Å². The molecule has 0 spiro atoms. The summed E-state index contributed by atoms with van der Waals surface area (Å²) in [7, 11) is 1.78. The van der Waals surface area contributed by atoms with Crippen molar-refractivity contribution in [2.24, 2.45) is 5.92 Å². The van der Waals surface area contributed by atoms with Crippen molar-refractivity contribution in [1.29, 1.82) is 0 Å². The molecule has 25 heavy (non-hydrogen) atoms. The minimum absolute atomic E-state index is 0.0167. The number of aromatic nitrogens is 1. The van der Waals surface area contributed by atoms with E-state index in [1.807, 2.05) is 11.8 Å². The molecule has 1 amide bonds. The number of aryl methyl sites for hydroxylation is 2. The van der Waals surface area contributed by atoms with E-state index in [0.717, 1.165) is 44.8 Å². The summed E-state index contributed by atoms with van der Waals surface area (Å²) in [5.74, 6) is 1.37. The van der Waals surface area contributed by atoms with Crippen LogP contribution in [0.4, 0.5) is 0 Å². The molecule has 0 aromatic carbocycles. The molecule has 3 aliphatic rings. The molecule has 0 radical (unpaired) electrons. The smallest absolute Gasteiger partial charge is 0.259 e. The summed E-state index contributed by atoms with van der Waals surface area (Å²) in [6, 6.07) is 0.0663. The first-order valence-electron chi connectivity index (χ1n) is 9.44. The lowest BCUT2D eigenvalue weighted by Crippen LogP contribution is -2.53. The highest BCUT2D eigenvalue weighted by Gasteiger charge is 2.53. The van der Waals surface area contributed by atoms with Gasteiger partial charge in [0.2, 0.25) is 0 Å². The lowest BCUT2D eigenvalue weighted by Gasteiger charge is -2.43. The molecule has 1 aromatic heterocycles.